The second-order valence-electron chi connectivity index (χ2n) is 3.08. The predicted octanol–water partition coefficient (Wildman–Crippen LogP) is 2.87. The van der Waals surface area contributed by atoms with E-state index < -0.39 is 17.6 Å². The van der Waals surface area contributed by atoms with Crippen LogP contribution in [-0.2, 0) is 9.53 Å². The summed E-state index contributed by atoms with van der Waals surface area (Å²) in [6.07, 6.45) is 0. The van der Waals surface area contributed by atoms with Gasteiger partial charge >= 0.3 is 5.97 Å². The molecular formula is C12H12F2O3. The van der Waals surface area contributed by atoms with Crippen molar-refractivity contribution in [3.05, 3.63) is 35.7 Å². The maximum atomic E-state index is 13.6. The monoisotopic (exact) mass is 242 g/mol. The molecule has 1 aromatic rings. The van der Waals surface area contributed by atoms with Gasteiger partial charge in [-0.1, -0.05) is 12.1 Å². The minimum atomic E-state index is -1.54. The summed E-state index contributed by atoms with van der Waals surface area (Å²) >= 11 is 0. The number of hydrogen-bond acceptors (Lipinski definition) is 3. The normalized spacial score (nSPS) is 11.8. The van der Waals surface area contributed by atoms with Crippen molar-refractivity contribution in [2.24, 2.45) is 0 Å². The SMILES string of the molecule is CCOC(=O)C(F)=C(F)c1cccc(OC)c1. The van der Waals surface area contributed by atoms with Gasteiger partial charge in [-0.3, -0.25) is 0 Å². The van der Waals surface area contributed by atoms with Gasteiger partial charge in [0.05, 0.1) is 13.7 Å². The summed E-state index contributed by atoms with van der Waals surface area (Å²) in [5.41, 5.74) is -0.0742. The Morgan fingerprint density at radius 2 is 2.06 bits per heavy atom. The van der Waals surface area contributed by atoms with Gasteiger partial charge < -0.3 is 9.47 Å². The van der Waals surface area contributed by atoms with Crippen molar-refractivity contribution in [3.8, 4) is 5.75 Å². The average molecular weight is 242 g/mol. The number of methoxy groups -OCH3 is 1. The number of rotatable bonds is 4. The van der Waals surface area contributed by atoms with Crippen LogP contribution < -0.4 is 4.74 Å². The molecule has 0 saturated heterocycles. The largest absolute Gasteiger partial charge is 0.497 e. The molecule has 0 saturated carbocycles. The minimum Gasteiger partial charge on any atom is -0.497 e. The highest BCUT2D eigenvalue weighted by molar-refractivity contribution is 5.93. The van der Waals surface area contributed by atoms with Gasteiger partial charge in [0.25, 0.3) is 0 Å². The molecule has 17 heavy (non-hydrogen) atoms. The number of esters is 1. The van der Waals surface area contributed by atoms with Gasteiger partial charge in [0.15, 0.2) is 5.83 Å². The summed E-state index contributed by atoms with van der Waals surface area (Å²) in [6.45, 7) is 1.49. The fourth-order valence-corrected chi connectivity index (χ4v) is 1.17. The van der Waals surface area contributed by atoms with E-state index in [0.717, 1.165) is 0 Å². The van der Waals surface area contributed by atoms with Crippen LogP contribution in [0.2, 0.25) is 0 Å². The topological polar surface area (TPSA) is 35.5 Å². The highest BCUT2D eigenvalue weighted by Crippen LogP contribution is 2.25. The molecule has 0 N–H and O–H groups in total. The molecule has 1 rings (SSSR count). The molecule has 0 amide bonds. The van der Waals surface area contributed by atoms with Crippen LogP contribution in [0.4, 0.5) is 8.78 Å². The molecule has 0 unspecified atom stereocenters. The Balaban J connectivity index is 3.04. The maximum Gasteiger partial charge on any atom is 0.370 e. The van der Waals surface area contributed by atoms with Gasteiger partial charge in [0, 0.05) is 5.56 Å². The predicted molar refractivity (Wildman–Crippen MR) is 58.8 cm³/mol. The molecule has 0 aliphatic carbocycles. The van der Waals surface area contributed by atoms with E-state index in [4.69, 9.17) is 4.74 Å². The first-order valence-electron chi connectivity index (χ1n) is 4.97. The lowest BCUT2D eigenvalue weighted by atomic mass is 10.2. The van der Waals surface area contributed by atoms with Crippen molar-refractivity contribution in [1.82, 2.24) is 0 Å². The first kappa shape index (κ1) is 13.2. The first-order valence-corrected chi connectivity index (χ1v) is 4.97. The number of carbonyl (C=O) groups excluding carboxylic acids is 1. The molecule has 0 fully saturated rings. The maximum absolute atomic E-state index is 13.6. The molecule has 0 aromatic heterocycles. The molecule has 3 nitrogen and oxygen atoms in total. The minimum absolute atomic E-state index is 0.0162. The quantitative estimate of drug-likeness (QED) is 0.601. The molecule has 5 heteroatoms. The van der Waals surface area contributed by atoms with Crippen LogP contribution in [0, 0.1) is 0 Å². The van der Waals surface area contributed by atoms with Crippen LogP contribution in [0.25, 0.3) is 5.83 Å². The summed E-state index contributed by atoms with van der Waals surface area (Å²) in [4.78, 5) is 11.0. The lowest BCUT2D eigenvalue weighted by Crippen LogP contribution is -2.05. The molecule has 0 aliphatic rings. The Morgan fingerprint density at radius 3 is 2.65 bits per heavy atom. The van der Waals surface area contributed by atoms with Gasteiger partial charge in [-0.15, -0.1) is 0 Å². The van der Waals surface area contributed by atoms with Crippen molar-refractivity contribution >= 4 is 11.8 Å². The molecule has 0 spiro atoms. The van der Waals surface area contributed by atoms with E-state index in [1.165, 1.54) is 32.2 Å². The molecule has 1 aromatic carbocycles. The van der Waals surface area contributed by atoms with Gasteiger partial charge in [0.2, 0.25) is 5.83 Å². The zero-order valence-electron chi connectivity index (χ0n) is 9.50. The summed E-state index contributed by atoms with van der Waals surface area (Å²) in [6, 6.07) is 5.69. The van der Waals surface area contributed by atoms with Crippen molar-refractivity contribution in [2.75, 3.05) is 13.7 Å². The van der Waals surface area contributed by atoms with Crippen molar-refractivity contribution in [3.63, 3.8) is 0 Å². The van der Waals surface area contributed by atoms with Crippen LogP contribution >= 0.6 is 0 Å². The van der Waals surface area contributed by atoms with Crippen LogP contribution in [0.5, 0.6) is 5.75 Å². The number of halogens is 2. The Hall–Kier alpha value is -1.91. The number of hydrogen-bond donors (Lipinski definition) is 0. The first-order chi connectivity index (χ1) is 8.10. The van der Waals surface area contributed by atoms with E-state index in [9.17, 15) is 13.6 Å². The van der Waals surface area contributed by atoms with Crippen LogP contribution in [0.3, 0.4) is 0 Å². The second-order valence-corrected chi connectivity index (χ2v) is 3.08. The van der Waals surface area contributed by atoms with E-state index >= 15 is 0 Å². The van der Waals surface area contributed by atoms with Gasteiger partial charge in [-0.25, -0.2) is 9.18 Å². The third-order valence-corrected chi connectivity index (χ3v) is 1.97. The smallest absolute Gasteiger partial charge is 0.370 e. The molecule has 92 valence electrons. The number of benzene rings is 1. The second kappa shape index (κ2) is 5.98. The third kappa shape index (κ3) is 3.27. The van der Waals surface area contributed by atoms with Crippen molar-refractivity contribution in [1.29, 1.82) is 0 Å². The summed E-state index contributed by atoms with van der Waals surface area (Å²) in [5.74, 6) is -3.75. The van der Waals surface area contributed by atoms with E-state index in [2.05, 4.69) is 4.74 Å². The fourth-order valence-electron chi connectivity index (χ4n) is 1.17. The lowest BCUT2D eigenvalue weighted by molar-refractivity contribution is -0.140. The molecule has 0 heterocycles. The van der Waals surface area contributed by atoms with Gasteiger partial charge in [-0.05, 0) is 19.1 Å². The summed E-state index contributed by atoms with van der Waals surface area (Å²) in [7, 11) is 1.41. The van der Waals surface area contributed by atoms with Crippen molar-refractivity contribution < 1.29 is 23.0 Å². The van der Waals surface area contributed by atoms with Crippen LogP contribution in [0.1, 0.15) is 12.5 Å². The Bertz CT molecular complexity index is 441. The highest BCUT2D eigenvalue weighted by atomic mass is 19.2. The molecule has 0 atom stereocenters. The van der Waals surface area contributed by atoms with Crippen LogP contribution in [-0.4, -0.2) is 19.7 Å². The Kier molecular flexibility index (Phi) is 4.63. The molecular weight excluding hydrogens is 230 g/mol. The van der Waals surface area contributed by atoms with Crippen LogP contribution in [0.15, 0.2) is 30.1 Å². The molecule has 0 radical (unpaired) electrons. The molecule has 0 aliphatic heterocycles. The van der Waals surface area contributed by atoms with Gasteiger partial charge in [0.1, 0.15) is 5.75 Å². The van der Waals surface area contributed by atoms with E-state index in [0.29, 0.717) is 5.75 Å². The standard InChI is InChI=1S/C12H12F2O3/c1-3-17-12(15)11(14)10(13)8-5-4-6-9(7-8)16-2/h4-7H,3H2,1-2H3. The number of carbonyl (C=O) groups is 1. The van der Waals surface area contributed by atoms with Gasteiger partial charge in [-0.2, -0.15) is 4.39 Å². The zero-order chi connectivity index (χ0) is 12.8. The van der Waals surface area contributed by atoms with Crippen molar-refractivity contribution in [2.45, 2.75) is 6.92 Å². The van der Waals surface area contributed by atoms with E-state index in [1.54, 1.807) is 6.07 Å². The number of ether oxygens (including phenoxy) is 2. The summed E-state index contributed by atoms with van der Waals surface area (Å²) < 4.78 is 36.1. The molecule has 0 bridgehead atoms. The average Bonchev–Trinajstić information content (AvgIpc) is 2.37. The summed E-state index contributed by atoms with van der Waals surface area (Å²) in [5, 5.41) is 0. The van der Waals surface area contributed by atoms with E-state index in [-0.39, 0.29) is 12.2 Å². The lowest BCUT2D eigenvalue weighted by Gasteiger charge is -2.04. The highest BCUT2D eigenvalue weighted by Gasteiger charge is 2.18. The zero-order valence-corrected chi connectivity index (χ0v) is 9.50. The van der Waals surface area contributed by atoms with E-state index in [1.807, 2.05) is 0 Å². The third-order valence-electron chi connectivity index (χ3n) is 1.97. The Morgan fingerprint density at radius 1 is 1.35 bits per heavy atom. The Labute approximate surface area is 97.7 Å². The fraction of sp³-hybridized carbons (Fsp3) is 0.250.